The van der Waals surface area contributed by atoms with E-state index in [2.05, 4.69) is 21.2 Å². The number of methoxy groups -OCH3 is 1. The Kier molecular flexibility index (Phi) is 7.51. The van der Waals surface area contributed by atoms with Crippen LogP contribution in [-0.4, -0.2) is 49.4 Å². The van der Waals surface area contributed by atoms with E-state index in [1.807, 2.05) is 12.1 Å². The zero-order valence-electron chi connectivity index (χ0n) is 17.1. The summed E-state index contributed by atoms with van der Waals surface area (Å²) >= 11 is 3.36. The van der Waals surface area contributed by atoms with Gasteiger partial charge in [0, 0.05) is 40.8 Å². The van der Waals surface area contributed by atoms with Gasteiger partial charge < -0.3 is 25.4 Å². The second-order valence-corrected chi connectivity index (χ2v) is 8.10. The van der Waals surface area contributed by atoms with E-state index in [9.17, 15) is 14.4 Å². The summed E-state index contributed by atoms with van der Waals surface area (Å²) in [4.78, 5) is 38.1. The lowest BCUT2D eigenvalue weighted by Crippen LogP contribution is -2.41. The van der Waals surface area contributed by atoms with Gasteiger partial charge in [-0.15, -0.1) is 0 Å². The number of rotatable bonds is 7. The van der Waals surface area contributed by atoms with Gasteiger partial charge in [-0.1, -0.05) is 15.9 Å². The Morgan fingerprint density at radius 1 is 1.10 bits per heavy atom. The van der Waals surface area contributed by atoms with Crippen molar-refractivity contribution in [1.29, 1.82) is 0 Å². The van der Waals surface area contributed by atoms with E-state index in [4.69, 9.17) is 15.2 Å². The molecule has 0 saturated carbocycles. The summed E-state index contributed by atoms with van der Waals surface area (Å²) in [6.45, 7) is 0.740. The number of nitrogens with one attached hydrogen (secondary N) is 1. The van der Waals surface area contributed by atoms with Gasteiger partial charge in [-0.2, -0.15) is 0 Å². The average Bonchev–Trinajstić information content (AvgIpc) is 2.78. The van der Waals surface area contributed by atoms with Crippen molar-refractivity contribution in [3.63, 3.8) is 0 Å². The lowest BCUT2D eigenvalue weighted by Gasteiger charge is -2.31. The largest absolute Gasteiger partial charge is 0.493 e. The Bertz CT molecular complexity index is 956. The molecule has 31 heavy (non-hydrogen) atoms. The van der Waals surface area contributed by atoms with Gasteiger partial charge in [0.25, 0.3) is 11.8 Å². The number of benzene rings is 2. The molecule has 1 heterocycles. The SMILES string of the molecule is COc1ccc(NC(=O)C2CCN(C(=O)c3ccc(Br)cc3)CC2)cc1OCC(N)=O. The number of nitrogens with two attached hydrogens (primary N) is 1. The molecule has 0 aliphatic carbocycles. The van der Waals surface area contributed by atoms with E-state index < -0.39 is 5.91 Å². The lowest BCUT2D eigenvalue weighted by atomic mass is 9.95. The number of carbonyl (C=O) groups excluding carboxylic acids is 3. The smallest absolute Gasteiger partial charge is 0.255 e. The van der Waals surface area contributed by atoms with E-state index in [0.717, 1.165) is 4.47 Å². The molecule has 0 aromatic heterocycles. The molecule has 1 saturated heterocycles. The number of amides is 3. The van der Waals surface area contributed by atoms with Crippen LogP contribution < -0.4 is 20.5 Å². The zero-order valence-corrected chi connectivity index (χ0v) is 18.7. The molecule has 3 N–H and O–H groups in total. The number of ether oxygens (including phenoxy) is 2. The number of carbonyl (C=O) groups is 3. The van der Waals surface area contributed by atoms with Crippen molar-refractivity contribution in [2.75, 3.05) is 32.1 Å². The molecule has 164 valence electrons. The molecule has 8 nitrogen and oxygen atoms in total. The number of hydrogen-bond donors (Lipinski definition) is 2. The third-order valence-corrected chi connectivity index (χ3v) is 5.57. The van der Waals surface area contributed by atoms with E-state index >= 15 is 0 Å². The molecule has 1 fully saturated rings. The predicted octanol–water partition coefficient (Wildman–Crippen LogP) is 2.81. The topological polar surface area (TPSA) is 111 Å². The van der Waals surface area contributed by atoms with E-state index in [1.165, 1.54) is 7.11 Å². The van der Waals surface area contributed by atoms with Crippen LogP contribution in [0.1, 0.15) is 23.2 Å². The number of nitrogens with zero attached hydrogens (tertiary/aromatic N) is 1. The summed E-state index contributed by atoms with van der Waals surface area (Å²) in [6, 6.07) is 12.2. The quantitative estimate of drug-likeness (QED) is 0.620. The first-order valence-corrected chi connectivity index (χ1v) is 10.6. The number of hydrogen-bond acceptors (Lipinski definition) is 5. The molecule has 1 aliphatic heterocycles. The number of piperidine rings is 1. The van der Waals surface area contributed by atoms with Gasteiger partial charge >= 0.3 is 0 Å². The summed E-state index contributed by atoms with van der Waals surface area (Å²) in [6.07, 6.45) is 1.16. The standard InChI is InChI=1S/C22H24BrN3O5/c1-30-18-7-6-17(12-19(18)31-13-20(24)27)25-21(28)14-8-10-26(11-9-14)22(29)15-2-4-16(23)5-3-15/h2-7,12,14H,8-11,13H2,1H3,(H2,24,27)(H,25,28). The fourth-order valence-corrected chi connectivity index (χ4v) is 3.64. The van der Waals surface area contributed by atoms with E-state index in [-0.39, 0.29) is 24.3 Å². The fourth-order valence-electron chi connectivity index (χ4n) is 3.38. The monoisotopic (exact) mass is 489 g/mol. The van der Waals surface area contributed by atoms with Gasteiger partial charge in [0.1, 0.15) is 0 Å². The molecule has 2 aromatic carbocycles. The molecule has 0 spiro atoms. The first-order chi connectivity index (χ1) is 14.9. The number of primary amides is 1. The molecule has 9 heteroatoms. The number of likely N-dealkylation sites (tertiary alicyclic amines) is 1. The highest BCUT2D eigenvalue weighted by molar-refractivity contribution is 9.10. The molecule has 3 amide bonds. The minimum atomic E-state index is -0.610. The molecular weight excluding hydrogens is 466 g/mol. The van der Waals surface area contributed by atoms with Crippen LogP contribution in [0.15, 0.2) is 46.9 Å². The van der Waals surface area contributed by atoms with Crippen molar-refractivity contribution >= 4 is 39.3 Å². The molecule has 0 radical (unpaired) electrons. The van der Waals surface area contributed by atoms with Crippen molar-refractivity contribution in [1.82, 2.24) is 4.90 Å². The van der Waals surface area contributed by atoms with Crippen LogP contribution in [0, 0.1) is 5.92 Å². The Balaban J connectivity index is 1.57. The number of anilines is 1. The molecule has 2 aromatic rings. The highest BCUT2D eigenvalue weighted by Gasteiger charge is 2.28. The normalized spacial score (nSPS) is 14.1. The molecule has 0 bridgehead atoms. The summed E-state index contributed by atoms with van der Waals surface area (Å²) in [5.41, 5.74) is 6.28. The zero-order chi connectivity index (χ0) is 22.4. The van der Waals surface area contributed by atoms with Gasteiger partial charge in [0.2, 0.25) is 5.91 Å². The maximum absolute atomic E-state index is 12.7. The second-order valence-electron chi connectivity index (χ2n) is 7.18. The van der Waals surface area contributed by atoms with Crippen LogP contribution in [0.5, 0.6) is 11.5 Å². The Labute approximate surface area is 188 Å². The maximum atomic E-state index is 12.7. The van der Waals surface area contributed by atoms with Crippen molar-refractivity contribution in [2.45, 2.75) is 12.8 Å². The summed E-state index contributed by atoms with van der Waals surface area (Å²) in [5.74, 6) is -0.223. The van der Waals surface area contributed by atoms with Crippen LogP contribution in [0.3, 0.4) is 0 Å². The minimum Gasteiger partial charge on any atom is -0.493 e. The first kappa shape index (κ1) is 22.6. The van der Waals surface area contributed by atoms with Gasteiger partial charge in [0.15, 0.2) is 18.1 Å². The Morgan fingerprint density at radius 2 is 1.77 bits per heavy atom. The van der Waals surface area contributed by atoms with Crippen LogP contribution in [0.2, 0.25) is 0 Å². The Hall–Kier alpha value is -3.07. The van der Waals surface area contributed by atoms with Crippen molar-refractivity contribution in [3.8, 4) is 11.5 Å². The van der Waals surface area contributed by atoms with Crippen LogP contribution in [-0.2, 0) is 9.59 Å². The molecule has 3 rings (SSSR count). The summed E-state index contributed by atoms with van der Waals surface area (Å²) < 4.78 is 11.5. The molecular formula is C22H24BrN3O5. The lowest BCUT2D eigenvalue weighted by molar-refractivity contribution is -0.121. The van der Waals surface area contributed by atoms with Crippen molar-refractivity contribution in [2.24, 2.45) is 11.7 Å². The molecule has 0 atom stereocenters. The minimum absolute atomic E-state index is 0.0299. The molecule has 0 unspecified atom stereocenters. The highest BCUT2D eigenvalue weighted by Crippen LogP contribution is 2.31. The average molecular weight is 490 g/mol. The first-order valence-electron chi connectivity index (χ1n) is 9.82. The van der Waals surface area contributed by atoms with Crippen LogP contribution >= 0.6 is 15.9 Å². The fraction of sp³-hybridized carbons (Fsp3) is 0.318. The predicted molar refractivity (Wildman–Crippen MR) is 119 cm³/mol. The van der Waals surface area contributed by atoms with Gasteiger partial charge in [-0.25, -0.2) is 0 Å². The second kappa shape index (κ2) is 10.3. The molecule has 1 aliphatic rings. The highest BCUT2D eigenvalue weighted by atomic mass is 79.9. The van der Waals surface area contributed by atoms with E-state index in [1.54, 1.807) is 35.2 Å². The van der Waals surface area contributed by atoms with E-state index in [0.29, 0.717) is 48.7 Å². The third-order valence-electron chi connectivity index (χ3n) is 5.05. The van der Waals surface area contributed by atoms with Gasteiger partial charge in [-0.05, 0) is 49.2 Å². The number of halogens is 1. The van der Waals surface area contributed by atoms with Crippen molar-refractivity contribution < 1.29 is 23.9 Å². The van der Waals surface area contributed by atoms with Crippen molar-refractivity contribution in [3.05, 3.63) is 52.5 Å². The van der Waals surface area contributed by atoms with Crippen LogP contribution in [0.4, 0.5) is 5.69 Å². The van der Waals surface area contributed by atoms with Crippen LogP contribution in [0.25, 0.3) is 0 Å². The maximum Gasteiger partial charge on any atom is 0.255 e. The van der Waals surface area contributed by atoms with Gasteiger partial charge in [-0.3, -0.25) is 14.4 Å². The third kappa shape index (κ3) is 5.97. The van der Waals surface area contributed by atoms with Gasteiger partial charge in [0.05, 0.1) is 7.11 Å². The summed E-state index contributed by atoms with van der Waals surface area (Å²) in [7, 11) is 1.48. The summed E-state index contributed by atoms with van der Waals surface area (Å²) in [5, 5.41) is 2.87. The Morgan fingerprint density at radius 3 is 2.39 bits per heavy atom.